The summed E-state index contributed by atoms with van der Waals surface area (Å²) in [6.07, 6.45) is 0.311. The van der Waals surface area contributed by atoms with Crippen molar-refractivity contribution in [2.45, 2.75) is 31.9 Å². The lowest BCUT2D eigenvalue weighted by atomic mass is 10.0. The average molecular weight is 191 g/mol. The lowest BCUT2D eigenvalue weighted by molar-refractivity contribution is 0.0538. The van der Waals surface area contributed by atoms with Crippen molar-refractivity contribution < 1.29 is 14.9 Å². The van der Waals surface area contributed by atoms with Crippen LogP contribution in [0.3, 0.4) is 0 Å². The summed E-state index contributed by atoms with van der Waals surface area (Å²) >= 11 is 0. The van der Waals surface area contributed by atoms with Gasteiger partial charge in [-0.3, -0.25) is 0 Å². The molecule has 4 heteroatoms. The van der Waals surface area contributed by atoms with Crippen LogP contribution in [0.1, 0.15) is 20.3 Å². The molecule has 0 aromatic carbocycles. The van der Waals surface area contributed by atoms with Gasteiger partial charge in [0.25, 0.3) is 0 Å². The molecule has 0 aliphatic carbocycles. The van der Waals surface area contributed by atoms with E-state index in [2.05, 4.69) is 5.32 Å². The number of aliphatic hydroxyl groups excluding tert-OH is 2. The number of hydrogen-bond acceptors (Lipinski definition) is 4. The lowest BCUT2D eigenvalue weighted by Crippen LogP contribution is -2.48. The maximum atomic E-state index is 9.33. The van der Waals surface area contributed by atoms with E-state index in [0.717, 1.165) is 6.42 Å². The summed E-state index contributed by atoms with van der Waals surface area (Å²) < 4.78 is 4.78. The van der Waals surface area contributed by atoms with Gasteiger partial charge in [0.2, 0.25) is 0 Å². The molecule has 2 atom stereocenters. The van der Waals surface area contributed by atoms with Crippen molar-refractivity contribution in [1.82, 2.24) is 5.32 Å². The summed E-state index contributed by atoms with van der Waals surface area (Å²) in [5.41, 5.74) is -0.297. The van der Waals surface area contributed by atoms with Gasteiger partial charge in [-0.15, -0.1) is 0 Å². The molecule has 0 aromatic rings. The minimum absolute atomic E-state index is 0.0726. The standard InChI is InChI=1S/C9H21NO3/c1-4-9(2,7-11)10-5-8(12)6-13-3/h8,10-12H,4-7H2,1-3H3. The molecule has 0 aliphatic rings. The van der Waals surface area contributed by atoms with E-state index in [1.807, 2.05) is 13.8 Å². The molecule has 0 spiro atoms. The average Bonchev–Trinajstić information content (AvgIpc) is 2.15. The fourth-order valence-corrected chi connectivity index (χ4v) is 0.908. The molecule has 0 aromatic heterocycles. The second kappa shape index (κ2) is 6.32. The van der Waals surface area contributed by atoms with Crippen LogP contribution in [0, 0.1) is 0 Å². The van der Waals surface area contributed by atoms with Gasteiger partial charge in [0, 0.05) is 19.2 Å². The molecule has 0 saturated carbocycles. The molecule has 0 heterocycles. The lowest BCUT2D eigenvalue weighted by Gasteiger charge is -2.28. The molecule has 0 rings (SSSR count). The molecular formula is C9H21NO3. The Morgan fingerprint density at radius 2 is 2.15 bits per heavy atom. The Hall–Kier alpha value is -0.160. The predicted octanol–water partition coefficient (Wildman–Crippen LogP) is -0.256. The number of aliphatic hydroxyl groups is 2. The molecule has 0 aliphatic heterocycles. The van der Waals surface area contributed by atoms with Crippen molar-refractivity contribution in [2.24, 2.45) is 0 Å². The summed E-state index contributed by atoms with van der Waals surface area (Å²) in [6, 6.07) is 0. The Labute approximate surface area is 79.9 Å². The van der Waals surface area contributed by atoms with Crippen molar-refractivity contribution in [3.63, 3.8) is 0 Å². The van der Waals surface area contributed by atoms with Gasteiger partial charge in [0.05, 0.1) is 19.3 Å². The van der Waals surface area contributed by atoms with Gasteiger partial charge in [-0.1, -0.05) is 6.92 Å². The zero-order valence-electron chi connectivity index (χ0n) is 8.71. The van der Waals surface area contributed by atoms with Crippen LogP contribution in [-0.4, -0.2) is 48.7 Å². The third-order valence-electron chi connectivity index (χ3n) is 2.25. The van der Waals surface area contributed by atoms with Crippen LogP contribution in [0.5, 0.6) is 0 Å². The molecular weight excluding hydrogens is 170 g/mol. The molecule has 0 saturated heterocycles. The summed E-state index contributed by atoms with van der Waals surface area (Å²) in [6.45, 7) is 4.75. The van der Waals surface area contributed by atoms with E-state index < -0.39 is 6.10 Å². The number of β-amino-alcohol motifs (C(OH)–C–C–N with tert-alkyl or cyclic N) is 1. The van der Waals surface area contributed by atoms with Crippen LogP contribution in [0.4, 0.5) is 0 Å². The maximum Gasteiger partial charge on any atom is 0.0897 e. The molecule has 0 amide bonds. The highest BCUT2D eigenvalue weighted by Crippen LogP contribution is 2.06. The largest absolute Gasteiger partial charge is 0.394 e. The number of rotatable bonds is 7. The quantitative estimate of drug-likeness (QED) is 0.519. The highest BCUT2D eigenvalue weighted by molar-refractivity contribution is 4.81. The van der Waals surface area contributed by atoms with Gasteiger partial charge < -0.3 is 20.3 Å². The maximum absolute atomic E-state index is 9.33. The first kappa shape index (κ1) is 12.8. The fourth-order valence-electron chi connectivity index (χ4n) is 0.908. The molecule has 3 N–H and O–H groups in total. The number of ether oxygens (including phenoxy) is 1. The minimum atomic E-state index is -0.512. The van der Waals surface area contributed by atoms with Crippen molar-refractivity contribution >= 4 is 0 Å². The van der Waals surface area contributed by atoms with Gasteiger partial charge >= 0.3 is 0 Å². The van der Waals surface area contributed by atoms with Gasteiger partial charge in [-0.2, -0.15) is 0 Å². The molecule has 2 unspecified atom stereocenters. The highest BCUT2D eigenvalue weighted by Gasteiger charge is 2.20. The smallest absolute Gasteiger partial charge is 0.0897 e. The monoisotopic (exact) mass is 191 g/mol. The topological polar surface area (TPSA) is 61.7 Å². The number of hydrogen-bond donors (Lipinski definition) is 3. The van der Waals surface area contributed by atoms with E-state index in [1.165, 1.54) is 0 Å². The Kier molecular flexibility index (Phi) is 6.24. The van der Waals surface area contributed by atoms with Crippen LogP contribution in [0.2, 0.25) is 0 Å². The normalized spacial score (nSPS) is 18.2. The zero-order valence-corrected chi connectivity index (χ0v) is 8.71. The molecule has 4 nitrogen and oxygen atoms in total. The van der Waals surface area contributed by atoms with Crippen molar-refractivity contribution in [3.05, 3.63) is 0 Å². The van der Waals surface area contributed by atoms with E-state index >= 15 is 0 Å². The second-order valence-corrected chi connectivity index (χ2v) is 3.56. The summed E-state index contributed by atoms with van der Waals surface area (Å²) in [5, 5.41) is 21.5. The SMILES string of the molecule is CCC(C)(CO)NCC(O)COC. The summed E-state index contributed by atoms with van der Waals surface area (Å²) in [5.74, 6) is 0. The first-order valence-corrected chi connectivity index (χ1v) is 4.61. The Morgan fingerprint density at radius 3 is 2.54 bits per heavy atom. The fraction of sp³-hybridized carbons (Fsp3) is 1.00. The Morgan fingerprint density at radius 1 is 1.54 bits per heavy atom. The van der Waals surface area contributed by atoms with Crippen LogP contribution in [0.25, 0.3) is 0 Å². The molecule has 0 radical (unpaired) electrons. The predicted molar refractivity (Wildman–Crippen MR) is 51.7 cm³/mol. The molecule has 0 bridgehead atoms. The van der Waals surface area contributed by atoms with Crippen molar-refractivity contribution in [3.8, 4) is 0 Å². The first-order valence-electron chi connectivity index (χ1n) is 4.61. The highest BCUT2D eigenvalue weighted by atomic mass is 16.5. The van der Waals surface area contributed by atoms with Crippen molar-refractivity contribution in [1.29, 1.82) is 0 Å². The van der Waals surface area contributed by atoms with Crippen LogP contribution in [0.15, 0.2) is 0 Å². The van der Waals surface area contributed by atoms with Crippen LogP contribution in [-0.2, 0) is 4.74 Å². The molecule has 0 fully saturated rings. The van der Waals surface area contributed by atoms with Gasteiger partial charge in [0.1, 0.15) is 0 Å². The van der Waals surface area contributed by atoms with Gasteiger partial charge in [0.15, 0.2) is 0 Å². The Bertz CT molecular complexity index is 126. The van der Waals surface area contributed by atoms with E-state index in [4.69, 9.17) is 9.84 Å². The van der Waals surface area contributed by atoms with E-state index in [1.54, 1.807) is 7.11 Å². The number of methoxy groups -OCH3 is 1. The van der Waals surface area contributed by atoms with E-state index in [9.17, 15) is 5.11 Å². The number of nitrogens with one attached hydrogen (secondary N) is 1. The molecule has 13 heavy (non-hydrogen) atoms. The Balaban J connectivity index is 3.71. The molecule has 80 valence electrons. The van der Waals surface area contributed by atoms with E-state index in [-0.39, 0.29) is 12.1 Å². The van der Waals surface area contributed by atoms with Crippen molar-refractivity contribution in [2.75, 3.05) is 26.9 Å². The third-order valence-corrected chi connectivity index (χ3v) is 2.25. The third kappa shape index (κ3) is 5.21. The zero-order chi connectivity index (χ0) is 10.3. The van der Waals surface area contributed by atoms with Gasteiger partial charge in [-0.25, -0.2) is 0 Å². The van der Waals surface area contributed by atoms with E-state index in [0.29, 0.717) is 13.2 Å². The second-order valence-electron chi connectivity index (χ2n) is 3.56. The minimum Gasteiger partial charge on any atom is -0.394 e. The van der Waals surface area contributed by atoms with Crippen LogP contribution < -0.4 is 5.32 Å². The summed E-state index contributed by atoms with van der Waals surface area (Å²) in [7, 11) is 1.55. The van der Waals surface area contributed by atoms with Gasteiger partial charge in [-0.05, 0) is 13.3 Å². The first-order chi connectivity index (χ1) is 6.08. The summed E-state index contributed by atoms with van der Waals surface area (Å²) in [4.78, 5) is 0. The van der Waals surface area contributed by atoms with Crippen LogP contribution >= 0.6 is 0 Å².